The van der Waals surface area contributed by atoms with Crippen LogP contribution in [0.15, 0.2) is 11.6 Å². The molecule has 364 valence electrons. The van der Waals surface area contributed by atoms with Crippen molar-refractivity contribution in [2.75, 3.05) is 52.8 Å². The number of esters is 1. The highest BCUT2D eigenvalue weighted by molar-refractivity contribution is 7.50. The van der Waals surface area contributed by atoms with Crippen LogP contribution >= 0.6 is 15.2 Å². The van der Waals surface area contributed by atoms with Gasteiger partial charge in [0.1, 0.15) is 28.4 Å². The summed E-state index contributed by atoms with van der Waals surface area (Å²) in [5.74, 6) is 0.565. The largest absolute Gasteiger partial charge is 0.779 e. The number of Topliss-reactive ketones (excluding diaryl/α,β-unsaturated/α-hetero) is 1. The van der Waals surface area contributed by atoms with E-state index in [2.05, 4.69) is 16.8 Å². The molecule has 5 rings (SSSR count). The number of hydrogen-bond donors (Lipinski definition) is 4. The predicted molar refractivity (Wildman–Crippen MR) is 238 cm³/mol. The molecule has 5 N–H and O–H groups in total. The third-order valence-electron chi connectivity index (χ3n) is 15.3. The highest BCUT2D eigenvalue weighted by Gasteiger charge is 2.70. The average molecular weight is 931 g/mol. The number of ether oxygens (including phenoxy) is 2. The molecule has 1 amide bonds. The van der Waals surface area contributed by atoms with Gasteiger partial charge < -0.3 is 58.7 Å². The maximum absolute atomic E-state index is 12.7. The molecule has 0 saturated heterocycles. The Kier molecular flexibility index (Phi) is 21.5. The van der Waals surface area contributed by atoms with Crippen LogP contribution in [0, 0.1) is 34.5 Å². The summed E-state index contributed by atoms with van der Waals surface area (Å²) in [6.45, 7) is 8.83. The molecule has 0 bridgehead atoms. The lowest BCUT2D eigenvalue weighted by Gasteiger charge is -2.65. The first-order chi connectivity index (χ1) is 29.7. The van der Waals surface area contributed by atoms with Crippen LogP contribution in [0.2, 0.25) is 0 Å². The number of fused-ring (bicyclic) bond motifs is 5. The smallest absolute Gasteiger partial charge is 0.331 e. The summed E-state index contributed by atoms with van der Waals surface area (Å²) in [5.41, 5.74) is 4.53. The molecule has 0 spiro atoms. The van der Waals surface area contributed by atoms with Crippen molar-refractivity contribution in [1.29, 1.82) is 0 Å². The van der Waals surface area contributed by atoms with Gasteiger partial charge in [-0.2, -0.15) is 0 Å². The van der Waals surface area contributed by atoms with Crippen molar-refractivity contribution in [2.45, 2.75) is 173 Å². The van der Waals surface area contributed by atoms with Crippen molar-refractivity contribution in [3.05, 3.63) is 11.6 Å². The minimum atomic E-state index is -3.64. The van der Waals surface area contributed by atoms with Gasteiger partial charge in [0.15, 0.2) is 5.78 Å². The topological polar surface area (TPSA) is 247 Å². The minimum Gasteiger partial charge on any atom is -0.779 e. The zero-order valence-electron chi connectivity index (χ0n) is 38.7. The van der Waals surface area contributed by atoms with Gasteiger partial charge in [-0.05, 0) is 131 Å². The average Bonchev–Trinajstić information content (AvgIpc) is 3.77. The Bertz CT molecular complexity index is 1600. The van der Waals surface area contributed by atoms with E-state index in [1.807, 2.05) is 6.92 Å². The lowest BCUT2D eigenvalue weighted by molar-refractivity contribution is -0.245. The first-order valence-electron chi connectivity index (χ1n) is 24.0. The number of aliphatic hydroxyl groups is 2. The monoisotopic (exact) mass is 931 g/mol. The highest BCUT2D eigenvalue weighted by atomic mass is 31.2. The fraction of sp³-hybridized carbons (Fsp3) is 0.891. The van der Waals surface area contributed by atoms with Crippen LogP contribution in [0.3, 0.4) is 0 Å². The van der Waals surface area contributed by atoms with Crippen LogP contribution in [-0.2, 0) is 42.0 Å². The molecule has 0 aromatic carbocycles. The standard InChI is InChI=1S/C39H64NO10P.C7H18NO3P/c1-37-18-16-30(48-26-29(41)12-8-4-5-9-13-35(43)40-20-10-6-7-11-21-50-51(3,46)47)23-28(37)14-15-32-33(37)24-34(42)38(2)31(17-19-39(32,38)45)27-22-36(44)49-25-27;1-12(9,10)11-7-5-3-2-4-6-8/h22,28,30-34,42,45H,4-21,23-26H2,1-3H3,(H,40,43)(H,46,47);2-8H2,1H3,(H,9,10)/p-2. The SMILES string of the molecule is CC12CCC(OCC(=O)CCCCCCC(=O)NCCCCCCOP(C)(=O)[O-])CC1CCC1C2CC(O)C2(C)C(C3=CC(=O)OC3)CCC12O.CP(=O)([O-])OCCCCCCN. The van der Waals surface area contributed by atoms with E-state index in [0.717, 1.165) is 128 Å². The van der Waals surface area contributed by atoms with Gasteiger partial charge in [0.25, 0.3) is 0 Å². The lowest BCUT2D eigenvalue weighted by atomic mass is 9.42. The van der Waals surface area contributed by atoms with Crippen molar-refractivity contribution in [2.24, 2.45) is 40.2 Å². The fourth-order valence-corrected chi connectivity index (χ4v) is 12.6. The molecule has 15 nitrogen and oxygen atoms in total. The molecular weight excluding hydrogens is 850 g/mol. The minimum absolute atomic E-state index is 0.00440. The number of carbonyl (C=O) groups is 3. The molecule has 5 aliphatic rings. The Balaban J connectivity index is 0.000000633. The van der Waals surface area contributed by atoms with Gasteiger partial charge in [-0.25, -0.2) is 4.79 Å². The molecule has 11 unspecified atom stereocenters. The van der Waals surface area contributed by atoms with Crippen LogP contribution in [0.25, 0.3) is 0 Å². The predicted octanol–water partition coefficient (Wildman–Crippen LogP) is 6.09. The number of hydrogen-bond acceptors (Lipinski definition) is 14. The van der Waals surface area contributed by atoms with E-state index in [1.54, 1.807) is 6.08 Å². The summed E-state index contributed by atoms with van der Waals surface area (Å²) < 4.78 is 42.2. The summed E-state index contributed by atoms with van der Waals surface area (Å²) in [7, 11) is -7.14. The first kappa shape index (κ1) is 54.1. The zero-order chi connectivity index (χ0) is 46.3. The first-order valence-corrected chi connectivity index (χ1v) is 28.0. The molecule has 63 heavy (non-hydrogen) atoms. The summed E-state index contributed by atoms with van der Waals surface area (Å²) in [6.07, 6.45) is 19.3. The molecular formula is C46H80N2O13P2-2. The van der Waals surface area contributed by atoms with Crippen molar-refractivity contribution in [3.8, 4) is 0 Å². The van der Waals surface area contributed by atoms with Gasteiger partial charge in [-0.15, -0.1) is 0 Å². The van der Waals surface area contributed by atoms with Gasteiger partial charge in [0, 0.05) is 44.2 Å². The van der Waals surface area contributed by atoms with E-state index >= 15 is 0 Å². The third kappa shape index (κ3) is 15.8. The van der Waals surface area contributed by atoms with E-state index in [-0.39, 0.29) is 66.8 Å². The van der Waals surface area contributed by atoms with Crippen LogP contribution in [-0.4, -0.2) is 98.5 Å². The van der Waals surface area contributed by atoms with Gasteiger partial charge in [-0.1, -0.05) is 52.4 Å². The number of rotatable bonds is 26. The number of carbonyl (C=O) groups excluding carboxylic acids is 3. The molecule has 11 atom stereocenters. The number of cyclic esters (lactones) is 1. The van der Waals surface area contributed by atoms with E-state index in [9.17, 15) is 43.5 Å². The maximum Gasteiger partial charge on any atom is 0.331 e. The van der Waals surface area contributed by atoms with Crippen molar-refractivity contribution in [1.82, 2.24) is 5.32 Å². The number of unbranched alkanes of at least 4 members (excludes halogenated alkanes) is 9. The Morgan fingerprint density at radius 1 is 0.841 bits per heavy atom. The summed E-state index contributed by atoms with van der Waals surface area (Å²) in [5, 5.41) is 27.2. The second-order valence-electron chi connectivity index (χ2n) is 19.7. The van der Waals surface area contributed by atoms with E-state index in [4.69, 9.17) is 19.7 Å². The summed E-state index contributed by atoms with van der Waals surface area (Å²) >= 11 is 0. The zero-order valence-corrected chi connectivity index (χ0v) is 40.5. The van der Waals surface area contributed by atoms with Crippen molar-refractivity contribution in [3.63, 3.8) is 0 Å². The van der Waals surface area contributed by atoms with Gasteiger partial charge in [-0.3, -0.25) is 9.59 Å². The molecule has 0 radical (unpaired) electrons. The molecule has 4 fully saturated rings. The normalized spacial score (nSPS) is 33.0. The van der Waals surface area contributed by atoms with Crippen molar-refractivity contribution < 1.29 is 62.0 Å². The molecule has 4 aliphatic carbocycles. The number of aliphatic hydroxyl groups excluding tert-OH is 1. The van der Waals surface area contributed by atoms with Crippen LogP contribution in [0.4, 0.5) is 0 Å². The quantitative estimate of drug-likeness (QED) is 0.0436. The Hall–Kier alpha value is -1.51. The molecule has 17 heteroatoms. The van der Waals surface area contributed by atoms with E-state index in [1.165, 1.54) is 0 Å². The fourth-order valence-electron chi connectivity index (χ4n) is 11.7. The Morgan fingerprint density at radius 3 is 2.08 bits per heavy atom. The number of amides is 1. The van der Waals surface area contributed by atoms with Crippen LogP contribution in [0.5, 0.6) is 0 Å². The molecule has 0 aromatic heterocycles. The van der Waals surface area contributed by atoms with Crippen molar-refractivity contribution >= 4 is 32.9 Å². The Labute approximate surface area is 376 Å². The van der Waals surface area contributed by atoms with Gasteiger partial charge in [0.2, 0.25) is 5.91 Å². The number of nitrogens with one attached hydrogen (secondary N) is 1. The third-order valence-corrected chi connectivity index (χ3v) is 16.6. The van der Waals surface area contributed by atoms with E-state index in [0.29, 0.717) is 57.7 Å². The molecule has 4 saturated carbocycles. The number of nitrogens with two attached hydrogens (primary N) is 1. The highest BCUT2D eigenvalue weighted by Crippen LogP contribution is 2.70. The maximum atomic E-state index is 12.7. The van der Waals surface area contributed by atoms with Crippen LogP contribution < -0.4 is 20.8 Å². The van der Waals surface area contributed by atoms with Gasteiger partial charge >= 0.3 is 5.97 Å². The van der Waals surface area contributed by atoms with Crippen LogP contribution in [0.1, 0.15) is 155 Å². The summed E-state index contributed by atoms with van der Waals surface area (Å²) in [6, 6.07) is 0. The Morgan fingerprint density at radius 2 is 1.46 bits per heavy atom. The summed E-state index contributed by atoms with van der Waals surface area (Å²) in [4.78, 5) is 58.1. The van der Waals surface area contributed by atoms with E-state index < -0.39 is 32.3 Å². The van der Waals surface area contributed by atoms with Gasteiger partial charge in [0.05, 0.1) is 31.0 Å². The second kappa shape index (κ2) is 25.0. The molecule has 1 heterocycles. The number of ketones is 1. The molecule has 1 aliphatic heterocycles. The molecule has 0 aromatic rings. The lowest BCUT2D eigenvalue weighted by Crippen LogP contribution is -2.67. The second-order valence-corrected chi connectivity index (χ2v) is 23.3.